The Morgan fingerprint density at radius 1 is 1.30 bits per heavy atom. The zero-order chi connectivity index (χ0) is 18.7. The number of fused-ring (bicyclic) bond motifs is 3. The van der Waals surface area contributed by atoms with Crippen molar-refractivity contribution in [3.8, 4) is 11.5 Å². The van der Waals surface area contributed by atoms with Crippen LogP contribution in [0.5, 0.6) is 11.5 Å². The number of rotatable bonds is 0. The third-order valence-electron chi connectivity index (χ3n) is 4.82. The number of hydrogen-bond donors (Lipinski definition) is 1. The first-order chi connectivity index (χ1) is 13.0. The zero-order valence-electron chi connectivity index (χ0n) is 13.7. The highest BCUT2D eigenvalue weighted by molar-refractivity contribution is 9.10. The van der Waals surface area contributed by atoms with Gasteiger partial charge < -0.3 is 14.6 Å². The first-order valence-corrected chi connectivity index (χ1v) is 8.93. The summed E-state index contributed by atoms with van der Waals surface area (Å²) in [6.45, 7) is 0.393. The van der Waals surface area contributed by atoms with E-state index in [9.17, 15) is 14.3 Å². The second-order valence-electron chi connectivity index (χ2n) is 6.33. The molecule has 3 aromatic rings. The quantitative estimate of drug-likeness (QED) is 0.584. The zero-order valence-corrected chi connectivity index (χ0v) is 15.3. The lowest BCUT2D eigenvalue weighted by molar-refractivity contribution is 0.200. The summed E-state index contributed by atoms with van der Waals surface area (Å²) in [5, 5.41) is 17.7. The van der Waals surface area contributed by atoms with Gasteiger partial charge in [0.1, 0.15) is 17.9 Å². The first kappa shape index (κ1) is 16.3. The summed E-state index contributed by atoms with van der Waals surface area (Å²) in [5.41, 5.74) is 1.38. The Labute approximate surface area is 160 Å². The molecular weight excluding hydrogens is 423 g/mol. The number of carbonyl (C=O) groups is 1. The summed E-state index contributed by atoms with van der Waals surface area (Å²) >= 11 is 3.41. The number of halogens is 2. The van der Waals surface area contributed by atoms with E-state index in [2.05, 4.69) is 26.1 Å². The monoisotopic (exact) mass is 434 g/mol. The van der Waals surface area contributed by atoms with Crippen molar-refractivity contribution in [1.29, 1.82) is 0 Å². The second kappa shape index (κ2) is 5.81. The van der Waals surface area contributed by atoms with Crippen LogP contribution in [0.4, 0.5) is 15.0 Å². The number of anilines is 1. The molecule has 8 nitrogen and oxygen atoms in total. The maximum atomic E-state index is 14.7. The molecule has 0 spiro atoms. The van der Waals surface area contributed by atoms with Crippen LogP contribution < -0.4 is 14.4 Å². The molecule has 4 heterocycles. The number of nitrogens with zero attached hydrogens (tertiary/aromatic N) is 4. The molecule has 1 atom stereocenters. The molecule has 0 aliphatic carbocycles. The molecule has 1 N–H and O–H groups in total. The number of pyridine rings is 1. The smallest absolute Gasteiger partial charge is 0.413 e. The van der Waals surface area contributed by atoms with Crippen LogP contribution >= 0.6 is 15.9 Å². The topological polar surface area (TPSA) is 89.2 Å². The number of hydrogen-bond acceptors (Lipinski definition) is 5. The van der Waals surface area contributed by atoms with E-state index in [-0.39, 0.29) is 30.5 Å². The van der Waals surface area contributed by atoms with Crippen LogP contribution in [0.1, 0.15) is 17.0 Å². The van der Waals surface area contributed by atoms with Crippen LogP contribution in [0.15, 0.2) is 29.0 Å². The molecule has 0 saturated carbocycles. The number of aromatic nitrogens is 3. The van der Waals surface area contributed by atoms with E-state index >= 15 is 0 Å². The average molecular weight is 435 g/mol. The van der Waals surface area contributed by atoms with Crippen LogP contribution in [0.2, 0.25) is 0 Å². The van der Waals surface area contributed by atoms with E-state index < -0.39 is 11.9 Å². The van der Waals surface area contributed by atoms with Gasteiger partial charge in [-0.2, -0.15) is 0 Å². The van der Waals surface area contributed by atoms with Crippen molar-refractivity contribution in [2.24, 2.45) is 0 Å². The van der Waals surface area contributed by atoms with E-state index in [0.717, 1.165) is 4.90 Å². The van der Waals surface area contributed by atoms with Gasteiger partial charge in [-0.1, -0.05) is 0 Å². The van der Waals surface area contributed by atoms with Crippen LogP contribution in [0, 0.1) is 5.82 Å². The molecule has 10 heteroatoms. The molecule has 0 bridgehead atoms. The van der Waals surface area contributed by atoms with Gasteiger partial charge in [-0.05, 0) is 28.1 Å². The van der Waals surface area contributed by atoms with Crippen molar-refractivity contribution < 1.29 is 23.8 Å². The summed E-state index contributed by atoms with van der Waals surface area (Å²) in [4.78, 5) is 13.1. The molecule has 5 rings (SSSR count). The van der Waals surface area contributed by atoms with Gasteiger partial charge >= 0.3 is 6.09 Å². The van der Waals surface area contributed by atoms with E-state index in [1.165, 1.54) is 16.8 Å². The van der Waals surface area contributed by atoms with Crippen LogP contribution in [0.25, 0.3) is 5.65 Å². The fourth-order valence-corrected chi connectivity index (χ4v) is 4.10. The highest BCUT2D eigenvalue weighted by atomic mass is 79.9. The van der Waals surface area contributed by atoms with Gasteiger partial charge in [0.15, 0.2) is 17.2 Å². The van der Waals surface area contributed by atoms with Crippen molar-refractivity contribution in [3.63, 3.8) is 0 Å². The minimum atomic E-state index is -1.24. The predicted octanol–water partition coefficient (Wildman–Crippen LogP) is 3.18. The standard InChI is InChI=1S/C17H12BrFN4O4/c18-10-3-13-16(23-7-20-21-15(10)23)22(17(24)25)4-9-11(19)1-2-12-14(9)8(5-26-12)6-27-13/h1-3,7-8H,4-6H2,(H,24,25)/t8-/m0/s1. The molecule has 0 fully saturated rings. The number of ether oxygens (including phenoxy) is 2. The minimum Gasteiger partial charge on any atom is -0.493 e. The Kier molecular flexibility index (Phi) is 3.51. The largest absolute Gasteiger partial charge is 0.493 e. The molecular formula is C17H12BrFN4O4. The number of carboxylic acid groups (broad SMARTS) is 1. The molecule has 0 radical (unpaired) electrons. The molecule has 27 heavy (non-hydrogen) atoms. The van der Waals surface area contributed by atoms with Gasteiger partial charge in [-0.3, -0.25) is 9.30 Å². The van der Waals surface area contributed by atoms with E-state index in [1.807, 2.05) is 0 Å². The molecule has 1 amide bonds. The molecule has 2 aromatic heterocycles. The molecule has 2 aliphatic heterocycles. The minimum absolute atomic E-state index is 0.185. The van der Waals surface area contributed by atoms with Gasteiger partial charge in [0.25, 0.3) is 0 Å². The van der Waals surface area contributed by atoms with E-state index in [1.54, 1.807) is 12.1 Å². The summed E-state index contributed by atoms with van der Waals surface area (Å²) < 4.78 is 28.4. The summed E-state index contributed by atoms with van der Waals surface area (Å²) in [5.74, 6) is 0.451. The fourth-order valence-electron chi connectivity index (χ4n) is 3.62. The predicted molar refractivity (Wildman–Crippen MR) is 95.0 cm³/mol. The highest BCUT2D eigenvalue weighted by Gasteiger charge is 2.35. The fraction of sp³-hybridized carbons (Fsp3) is 0.235. The molecule has 1 aromatic carbocycles. The normalized spacial score (nSPS) is 18.0. The van der Waals surface area contributed by atoms with Crippen molar-refractivity contribution >= 4 is 33.5 Å². The van der Waals surface area contributed by atoms with Crippen LogP contribution in [-0.2, 0) is 6.54 Å². The maximum absolute atomic E-state index is 14.7. The Morgan fingerprint density at radius 3 is 2.85 bits per heavy atom. The van der Waals surface area contributed by atoms with Crippen LogP contribution in [0.3, 0.4) is 0 Å². The first-order valence-electron chi connectivity index (χ1n) is 8.14. The second-order valence-corrected chi connectivity index (χ2v) is 7.18. The van der Waals surface area contributed by atoms with Gasteiger partial charge in [-0.25, -0.2) is 9.18 Å². The van der Waals surface area contributed by atoms with Gasteiger partial charge in [0, 0.05) is 17.2 Å². The molecule has 138 valence electrons. The Hall–Kier alpha value is -2.88. The molecule has 2 aliphatic rings. The van der Waals surface area contributed by atoms with E-state index in [0.29, 0.717) is 33.8 Å². The van der Waals surface area contributed by atoms with Crippen molar-refractivity contribution in [2.75, 3.05) is 18.1 Å². The Morgan fingerprint density at radius 2 is 2.07 bits per heavy atom. The van der Waals surface area contributed by atoms with Crippen LogP contribution in [-0.4, -0.2) is 39.0 Å². The lowest BCUT2D eigenvalue weighted by atomic mass is 9.95. The van der Waals surface area contributed by atoms with Crippen molar-refractivity contribution in [1.82, 2.24) is 14.6 Å². The summed E-state index contributed by atoms with van der Waals surface area (Å²) in [6, 6.07) is 4.52. The highest BCUT2D eigenvalue weighted by Crippen LogP contribution is 2.43. The number of benzene rings is 1. The lowest BCUT2D eigenvalue weighted by Crippen LogP contribution is -2.31. The van der Waals surface area contributed by atoms with Gasteiger partial charge in [0.05, 0.1) is 30.1 Å². The third-order valence-corrected chi connectivity index (χ3v) is 5.40. The van der Waals surface area contributed by atoms with E-state index in [4.69, 9.17) is 9.47 Å². The lowest BCUT2D eigenvalue weighted by Gasteiger charge is -2.23. The maximum Gasteiger partial charge on any atom is 0.413 e. The Bertz CT molecular complexity index is 1100. The Balaban J connectivity index is 1.79. The van der Waals surface area contributed by atoms with Crippen molar-refractivity contribution in [3.05, 3.63) is 45.9 Å². The van der Waals surface area contributed by atoms with Crippen molar-refractivity contribution in [2.45, 2.75) is 12.5 Å². The van der Waals surface area contributed by atoms with Gasteiger partial charge in [-0.15, -0.1) is 10.2 Å². The summed E-state index contributed by atoms with van der Waals surface area (Å²) in [6.07, 6.45) is 0.155. The molecule has 0 saturated heterocycles. The SMILES string of the molecule is O=C(O)N1Cc2c(F)ccc3c2[C@@H](CO3)COc2cc(Br)c3nncn3c21. The summed E-state index contributed by atoms with van der Waals surface area (Å²) in [7, 11) is 0. The number of amides is 1. The third kappa shape index (κ3) is 2.36. The average Bonchev–Trinajstić information content (AvgIpc) is 3.27. The van der Waals surface area contributed by atoms with Gasteiger partial charge in [0.2, 0.25) is 0 Å². The molecule has 0 unspecified atom stereocenters.